The highest BCUT2D eigenvalue weighted by molar-refractivity contribution is 5.95. The maximum atomic E-state index is 12.0. The topological polar surface area (TPSA) is 70.2 Å². The van der Waals surface area contributed by atoms with Crippen LogP contribution in [0.4, 0.5) is 11.4 Å². The summed E-state index contributed by atoms with van der Waals surface area (Å²) in [6, 6.07) is 5.51. The fraction of sp³-hybridized carbons (Fsp3) is 0.500. The number of carbonyl (C=O) groups excluding carboxylic acids is 2. The standard InChI is InChI=1S/C16H23N3O2.ClH/c1-11-14(18-12(2)20)4-3-5-15(11)19-16(21)7-6-13-8-9-17-10-13;/h3-5,13,17H,6-10H2,1-2H3,(H,18,20)(H,19,21);1H. The van der Waals surface area contributed by atoms with Crippen LogP contribution >= 0.6 is 12.4 Å². The molecule has 2 rings (SSSR count). The Morgan fingerprint density at radius 1 is 1.27 bits per heavy atom. The van der Waals surface area contributed by atoms with E-state index in [4.69, 9.17) is 0 Å². The lowest BCUT2D eigenvalue weighted by atomic mass is 10.0. The van der Waals surface area contributed by atoms with Gasteiger partial charge in [0.2, 0.25) is 11.8 Å². The summed E-state index contributed by atoms with van der Waals surface area (Å²) < 4.78 is 0. The summed E-state index contributed by atoms with van der Waals surface area (Å²) in [5, 5.41) is 9.01. The van der Waals surface area contributed by atoms with Crippen LogP contribution in [0.2, 0.25) is 0 Å². The lowest BCUT2D eigenvalue weighted by Gasteiger charge is -2.13. The number of anilines is 2. The molecule has 5 nitrogen and oxygen atoms in total. The average Bonchev–Trinajstić information content (AvgIpc) is 2.94. The molecule has 0 spiro atoms. The number of hydrogen-bond acceptors (Lipinski definition) is 3. The van der Waals surface area contributed by atoms with Crippen molar-refractivity contribution in [1.82, 2.24) is 5.32 Å². The summed E-state index contributed by atoms with van der Waals surface area (Å²) in [7, 11) is 0. The molecule has 1 unspecified atom stereocenters. The lowest BCUT2D eigenvalue weighted by molar-refractivity contribution is -0.116. The molecule has 3 N–H and O–H groups in total. The molecular weight excluding hydrogens is 302 g/mol. The molecule has 1 saturated heterocycles. The van der Waals surface area contributed by atoms with Gasteiger partial charge in [0.1, 0.15) is 0 Å². The first-order chi connectivity index (χ1) is 10.1. The van der Waals surface area contributed by atoms with E-state index in [-0.39, 0.29) is 24.2 Å². The van der Waals surface area contributed by atoms with E-state index in [9.17, 15) is 9.59 Å². The first kappa shape index (κ1) is 18.5. The summed E-state index contributed by atoms with van der Waals surface area (Å²) in [6.45, 7) is 5.44. The van der Waals surface area contributed by atoms with E-state index in [2.05, 4.69) is 16.0 Å². The molecule has 1 heterocycles. The van der Waals surface area contributed by atoms with E-state index in [0.29, 0.717) is 12.3 Å². The van der Waals surface area contributed by atoms with E-state index < -0.39 is 0 Å². The molecular formula is C16H24ClN3O2. The van der Waals surface area contributed by atoms with Crippen molar-refractivity contribution in [1.29, 1.82) is 0 Å². The highest BCUT2D eigenvalue weighted by atomic mass is 35.5. The van der Waals surface area contributed by atoms with Gasteiger partial charge < -0.3 is 16.0 Å². The Bertz CT molecular complexity index is 528. The van der Waals surface area contributed by atoms with Crippen molar-refractivity contribution in [2.24, 2.45) is 5.92 Å². The minimum absolute atomic E-state index is 0. The van der Waals surface area contributed by atoms with Crippen molar-refractivity contribution in [3.05, 3.63) is 23.8 Å². The first-order valence-corrected chi connectivity index (χ1v) is 7.44. The molecule has 6 heteroatoms. The molecule has 0 aliphatic carbocycles. The lowest BCUT2D eigenvalue weighted by Crippen LogP contribution is -2.16. The van der Waals surface area contributed by atoms with Crippen molar-refractivity contribution in [2.75, 3.05) is 23.7 Å². The van der Waals surface area contributed by atoms with Crippen LogP contribution in [-0.2, 0) is 9.59 Å². The van der Waals surface area contributed by atoms with Gasteiger partial charge in [-0.05, 0) is 56.5 Å². The van der Waals surface area contributed by atoms with Crippen LogP contribution in [0.15, 0.2) is 18.2 Å². The number of halogens is 1. The number of carbonyl (C=O) groups is 2. The van der Waals surface area contributed by atoms with Gasteiger partial charge >= 0.3 is 0 Å². The van der Waals surface area contributed by atoms with Crippen LogP contribution in [0.25, 0.3) is 0 Å². The molecule has 0 bridgehead atoms. The van der Waals surface area contributed by atoms with E-state index in [0.717, 1.165) is 42.9 Å². The largest absolute Gasteiger partial charge is 0.326 e. The molecule has 0 aromatic heterocycles. The zero-order chi connectivity index (χ0) is 15.2. The van der Waals surface area contributed by atoms with Gasteiger partial charge in [-0.3, -0.25) is 9.59 Å². The quantitative estimate of drug-likeness (QED) is 0.779. The van der Waals surface area contributed by atoms with Gasteiger partial charge in [0.25, 0.3) is 0 Å². The SMILES string of the molecule is CC(=O)Nc1cccc(NC(=O)CCC2CCNC2)c1C.Cl. The zero-order valence-corrected chi connectivity index (χ0v) is 13.9. The minimum atomic E-state index is -0.115. The first-order valence-electron chi connectivity index (χ1n) is 7.44. The molecule has 1 fully saturated rings. The summed E-state index contributed by atoms with van der Waals surface area (Å²) in [4.78, 5) is 23.2. The van der Waals surface area contributed by atoms with E-state index in [1.54, 1.807) is 0 Å². The van der Waals surface area contributed by atoms with Crippen LogP contribution in [0.1, 0.15) is 31.7 Å². The molecule has 1 atom stereocenters. The fourth-order valence-electron chi connectivity index (χ4n) is 2.60. The normalized spacial score (nSPS) is 16.7. The number of amides is 2. The average molecular weight is 326 g/mol. The van der Waals surface area contributed by atoms with Crippen molar-refractivity contribution in [2.45, 2.75) is 33.1 Å². The summed E-state index contributed by atoms with van der Waals surface area (Å²) >= 11 is 0. The Morgan fingerprint density at radius 3 is 2.55 bits per heavy atom. The molecule has 1 aliphatic rings. The third-order valence-electron chi connectivity index (χ3n) is 3.86. The molecule has 2 amide bonds. The van der Waals surface area contributed by atoms with Crippen molar-refractivity contribution < 1.29 is 9.59 Å². The van der Waals surface area contributed by atoms with E-state index in [1.165, 1.54) is 6.92 Å². The van der Waals surface area contributed by atoms with Crippen LogP contribution in [0.3, 0.4) is 0 Å². The van der Waals surface area contributed by atoms with Gasteiger partial charge in [-0.2, -0.15) is 0 Å². The fourth-order valence-corrected chi connectivity index (χ4v) is 2.60. The monoisotopic (exact) mass is 325 g/mol. The predicted octanol–water partition coefficient (Wildman–Crippen LogP) is 2.70. The molecule has 1 aromatic rings. The Hall–Kier alpha value is -1.59. The number of hydrogen-bond donors (Lipinski definition) is 3. The van der Waals surface area contributed by atoms with Gasteiger partial charge in [-0.25, -0.2) is 0 Å². The van der Waals surface area contributed by atoms with E-state index in [1.807, 2.05) is 25.1 Å². The highest BCUT2D eigenvalue weighted by Crippen LogP contribution is 2.24. The van der Waals surface area contributed by atoms with Gasteiger partial charge in [0.05, 0.1) is 0 Å². The van der Waals surface area contributed by atoms with Crippen LogP contribution in [-0.4, -0.2) is 24.9 Å². The number of rotatable bonds is 5. The minimum Gasteiger partial charge on any atom is -0.326 e. The predicted molar refractivity (Wildman–Crippen MR) is 91.6 cm³/mol. The van der Waals surface area contributed by atoms with E-state index >= 15 is 0 Å². The van der Waals surface area contributed by atoms with Crippen molar-refractivity contribution in [3.63, 3.8) is 0 Å². The summed E-state index contributed by atoms with van der Waals surface area (Å²) in [5.74, 6) is 0.530. The second-order valence-electron chi connectivity index (χ2n) is 5.60. The maximum Gasteiger partial charge on any atom is 0.224 e. The second kappa shape index (κ2) is 8.76. The maximum absolute atomic E-state index is 12.0. The Morgan fingerprint density at radius 2 is 1.95 bits per heavy atom. The Labute approximate surface area is 137 Å². The summed E-state index contributed by atoms with van der Waals surface area (Å²) in [5.41, 5.74) is 2.37. The molecule has 1 aromatic carbocycles. The highest BCUT2D eigenvalue weighted by Gasteiger charge is 2.16. The van der Waals surface area contributed by atoms with Gasteiger partial charge in [0, 0.05) is 24.7 Å². The molecule has 0 radical (unpaired) electrons. The third kappa shape index (κ3) is 5.31. The molecule has 0 saturated carbocycles. The van der Waals surface area contributed by atoms with Gasteiger partial charge in [-0.15, -0.1) is 12.4 Å². The Kier molecular flexibility index (Phi) is 7.35. The number of nitrogens with one attached hydrogen (secondary N) is 3. The van der Waals surface area contributed by atoms with Crippen LogP contribution < -0.4 is 16.0 Å². The number of benzene rings is 1. The van der Waals surface area contributed by atoms with Crippen molar-refractivity contribution in [3.8, 4) is 0 Å². The smallest absolute Gasteiger partial charge is 0.224 e. The van der Waals surface area contributed by atoms with Crippen molar-refractivity contribution >= 4 is 35.6 Å². The zero-order valence-electron chi connectivity index (χ0n) is 13.1. The van der Waals surface area contributed by atoms with Crippen LogP contribution in [0, 0.1) is 12.8 Å². The van der Waals surface area contributed by atoms with Gasteiger partial charge in [-0.1, -0.05) is 6.07 Å². The van der Waals surface area contributed by atoms with Gasteiger partial charge in [0.15, 0.2) is 0 Å². The molecule has 1 aliphatic heterocycles. The summed E-state index contributed by atoms with van der Waals surface area (Å²) in [6.07, 6.45) is 2.61. The molecule has 122 valence electrons. The Balaban J connectivity index is 0.00000242. The third-order valence-corrected chi connectivity index (χ3v) is 3.86. The van der Waals surface area contributed by atoms with Crippen LogP contribution in [0.5, 0.6) is 0 Å². The second-order valence-corrected chi connectivity index (χ2v) is 5.60. The molecule has 22 heavy (non-hydrogen) atoms.